The highest BCUT2D eigenvalue weighted by Crippen LogP contribution is 2.27. The predicted molar refractivity (Wildman–Crippen MR) is 128 cm³/mol. The van der Waals surface area contributed by atoms with E-state index in [9.17, 15) is 9.59 Å². The number of hydrogen-bond donors (Lipinski definition) is 3. The maximum Gasteiger partial charge on any atom is 0.318 e. The van der Waals surface area contributed by atoms with Gasteiger partial charge in [-0.25, -0.2) is 4.79 Å². The van der Waals surface area contributed by atoms with Crippen LogP contribution in [0.4, 0.5) is 10.5 Å². The van der Waals surface area contributed by atoms with Crippen LogP contribution in [0.2, 0.25) is 0 Å². The summed E-state index contributed by atoms with van der Waals surface area (Å²) in [5.74, 6) is 0.421. The lowest BCUT2D eigenvalue weighted by molar-refractivity contribution is -0.124. The summed E-state index contributed by atoms with van der Waals surface area (Å²) in [4.78, 5) is 27.8. The first-order chi connectivity index (χ1) is 15.5. The van der Waals surface area contributed by atoms with Gasteiger partial charge < -0.3 is 25.6 Å². The van der Waals surface area contributed by atoms with Crippen LogP contribution in [0.3, 0.4) is 0 Å². The molecule has 1 aromatic carbocycles. The standard InChI is InChI=1S/C25H40N4O3/c1-3-21(18-26-22-11-9-19(2)10-12-22)27-24(30)23(17-20-7-5-4-6-8-20)28-25(31)29-13-15-32-16-14-29/h9-12,20-21,23,26H,3-8,13-18H2,1-2H3,(H,27,30)(H,28,31)/t21-,23-/m0/s1. The van der Waals surface area contributed by atoms with Crippen molar-refractivity contribution in [3.8, 4) is 0 Å². The van der Waals surface area contributed by atoms with Gasteiger partial charge in [0.25, 0.3) is 0 Å². The lowest BCUT2D eigenvalue weighted by atomic mass is 9.84. The molecule has 1 saturated heterocycles. The van der Waals surface area contributed by atoms with Crippen LogP contribution in [-0.2, 0) is 9.53 Å². The van der Waals surface area contributed by atoms with E-state index in [0.29, 0.717) is 45.2 Å². The van der Waals surface area contributed by atoms with Gasteiger partial charge in [-0.2, -0.15) is 0 Å². The van der Waals surface area contributed by atoms with Crippen LogP contribution in [0, 0.1) is 12.8 Å². The van der Waals surface area contributed by atoms with Crippen molar-refractivity contribution in [1.82, 2.24) is 15.5 Å². The molecule has 0 bridgehead atoms. The zero-order valence-electron chi connectivity index (χ0n) is 19.7. The highest BCUT2D eigenvalue weighted by molar-refractivity contribution is 5.87. The third-order valence-electron chi connectivity index (χ3n) is 6.65. The molecule has 3 N–H and O–H groups in total. The predicted octanol–water partition coefficient (Wildman–Crippen LogP) is 3.68. The van der Waals surface area contributed by atoms with E-state index in [1.165, 1.54) is 24.8 Å². The number of carbonyl (C=O) groups is 2. The number of anilines is 1. The van der Waals surface area contributed by atoms with Crippen LogP contribution in [0.1, 0.15) is 57.4 Å². The fourth-order valence-corrected chi connectivity index (χ4v) is 4.51. The number of benzene rings is 1. The molecule has 32 heavy (non-hydrogen) atoms. The smallest absolute Gasteiger partial charge is 0.318 e. The number of nitrogens with zero attached hydrogens (tertiary/aromatic N) is 1. The molecule has 1 aliphatic carbocycles. The van der Waals surface area contributed by atoms with Crippen LogP contribution in [0.5, 0.6) is 0 Å². The molecule has 0 spiro atoms. The molecule has 0 aromatic heterocycles. The number of ether oxygens (including phenoxy) is 1. The molecule has 2 fully saturated rings. The maximum atomic E-state index is 13.3. The summed E-state index contributed by atoms with van der Waals surface area (Å²) in [6, 6.07) is 7.60. The van der Waals surface area contributed by atoms with E-state index in [4.69, 9.17) is 4.74 Å². The average molecular weight is 445 g/mol. The maximum absolute atomic E-state index is 13.3. The van der Waals surface area contributed by atoms with E-state index < -0.39 is 6.04 Å². The Morgan fingerprint density at radius 1 is 1.06 bits per heavy atom. The summed E-state index contributed by atoms with van der Waals surface area (Å²) in [5, 5.41) is 9.65. The molecule has 0 radical (unpaired) electrons. The average Bonchev–Trinajstić information content (AvgIpc) is 2.83. The van der Waals surface area contributed by atoms with Gasteiger partial charge >= 0.3 is 6.03 Å². The van der Waals surface area contributed by atoms with Crippen molar-refractivity contribution in [2.24, 2.45) is 5.92 Å². The minimum atomic E-state index is -0.498. The topological polar surface area (TPSA) is 82.7 Å². The Balaban J connectivity index is 1.58. The van der Waals surface area contributed by atoms with Crippen molar-refractivity contribution in [3.05, 3.63) is 29.8 Å². The molecule has 2 aliphatic rings. The van der Waals surface area contributed by atoms with Gasteiger partial charge in [0.15, 0.2) is 0 Å². The fraction of sp³-hybridized carbons (Fsp3) is 0.680. The molecule has 3 amide bonds. The second kappa shape index (κ2) is 12.7. The summed E-state index contributed by atoms with van der Waals surface area (Å²) >= 11 is 0. The Morgan fingerprint density at radius 2 is 1.75 bits per heavy atom. The van der Waals surface area contributed by atoms with Crippen molar-refractivity contribution in [2.75, 3.05) is 38.2 Å². The first kappa shape index (κ1) is 24.4. The molecule has 178 valence electrons. The number of rotatable bonds is 9. The van der Waals surface area contributed by atoms with E-state index in [0.717, 1.165) is 24.9 Å². The second-order valence-corrected chi connectivity index (χ2v) is 9.20. The zero-order chi connectivity index (χ0) is 22.8. The summed E-state index contributed by atoms with van der Waals surface area (Å²) in [7, 11) is 0. The van der Waals surface area contributed by atoms with E-state index in [-0.39, 0.29) is 18.0 Å². The number of morpholine rings is 1. The van der Waals surface area contributed by atoms with E-state index in [1.54, 1.807) is 4.90 Å². The lowest BCUT2D eigenvalue weighted by Gasteiger charge is -2.31. The van der Waals surface area contributed by atoms with Crippen molar-refractivity contribution < 1.29 is 14.3 Å². The molecule has 7 nitrogen and oxygen atoms in total. The first-order valence-electron chi connectivity index (χ1n) is 12.3. The molecule has 1 aromatic rings. The van der Waals surface area contributed by atoms with Crippen LogP contribution >= 0.6 is 0 Å². The molecule has 0 unspecified atom stereocenters. The summed E-state index contributed by atoms with van der Waals surface area (Å²) in [6.07, 6.45) is 7.52. The highest BCUT2D eigenvalue weighted by Gasteiger charge is 2.29. The highest BCUT2D eigenvalue weighted by atomic mass is 16.5. The van der Waals surface area contributed by atoms with Gasteiger partial charge in [0.1, 0.15) is 6.04 Å². The summed E-state index contributed by atoms with van der Waals surface area (Å²) in [6.45, 7) is 7.04. The van der Waals surface area contributed by atoms with Crippen molar-refractivity contribution in [1.29, 1.82) is 0 Å². The molecule has 1 saturated carbocycles. The van der Waals surface area contributed by atoms with Gasteiger partial charge in [0.2, 0.25) is 5.91 Å². The number of aryl methyl sites for hydroxylation is 1. The Hall–Kier alpha value is -2.28. The molecular weight excluding hydrogens is 404 g/mol. The van der Waals surface area contributed by atoms with Gasteiger partial charge in [-0.05, 0) is 37.8 Å². The Labute approximate surface area is 192 Å². The molecule has 7 heteroatoms. The summed E-state index contributed by atoms with van der Waals surface area (Å²) in [5.41, 5.74) is 2.26. The summed E-state index contributed by atoms with van der Waals surface area (Å²) < 4.78 is 5.35. The quantitative estimate of drug-likeness (QED) is 0.543. The van der Waals surface area contributed by atoms with Gasteiger partial charge in [0, 0.05) is 31.4 Å². The van der Waals surface area contributed by atoms with Crippen molar-refractivity contribution in [2.45, 2.75) is 70.9 Å². The monoisotopic (exact) mass is 444 g/mol. The Bertz CT molecular complexity index is 712. The minimum Gasteiger partial charge on any atom is -0.383 e. The number of amides is 3. The normalized spacial score (nSPS) is 19.1. The number of hydrogen-bond acceptors (Lipinski definition) is 4. The minimum absolute atomic E-state index is 0.00190. The van der Waals surface area contributed by atoms with Crippen molar-refractivity contribution in [3.63, 3.8) is 0 Å². The molecular formula is C25H40N4O3. The second-order valence-electron chi connectivity index (χ2n) is 9.20. The third kappa shape index (κ3) is 7.69. The van der Waals surface area contributed by atoms with Crippen LogP contribution in [0.15, 0.2) is 24.3 Å². The van der Waals surface area contributed by atoms with Gasteiger partial charge in [-0.15, -0.1) is 0 Å². The number of urea groups is 1. The molecule has 3 rings (SSSR count). The molecule has 1 heterocycles. The fourth-order valence-electron chi connectivity index (χ4n) is 4.51. The van der Waals surface area contributed by atoms with Crippen molar-refractivity contribution >= 4 is 17.6 Å². The number of carbonyl (C=O) groups excluding carboxylic acids is 2. The van der Waals surface area contributed by atoms with Crippen LogP contribution in [0.25, 0.3) is 0 Å². The zero-order valence-corrected chi connectivity index (χ0v) is 19.7. The Morgan fingerprint density at radius 3 is 2.41 bits per heavy atom. The van der Waals surface area contributed by atoms with Gasteiger partial charge in [0.05, 0.1) is 13.2 Å². The van der Waals surface area contributed by atoms with Crippen LogP contribution in [-0.4, -0.2) is 61.8 Å². The first-order valence-corrected chi connectivity index (χ1v) is 12.3. The van der Waals surface area contributed by atoms with E-state index in [1.807, 2.05) is 0 Å². The van der Waals surface area contributed by atoms with E-state index in [2.05, 4.69) is 54.1 Å². The van der Waals surface area contributed by atoms with Gasteiger partial charge in [-0.3, -0.25) is 4.79 Å². The third-order valence-corrected chi connectivity index (χ3v) is 6.65. The largest absolute Gasteiger partial charge is 0.383 e. The Kier molecular flexibility index (Phi) is 9.65. The van der Waals surface area contributed by atoms with E-state index >= 15 is 0 Å². The number of nitrogens with one attached hydrogen (secondary N) is 3. The molecule has 2 atom stereocenters. The lowest BCUT2D eigenvalue weighted by Crippen LogP contribution is -2.55. The molecule has 1 aliphatic heterocycles. The van der Waals surface area contributed by atoms with Crippen LogP contribution < -0.4 is 16.0 Å². The SMILES string of the molecule is CC[C@@H](CNc1ccc(C)cc1)NC(=O)[C@H](CC1CCCCC1)NC(=O)N1CCOCC1. The van der Waals surface area contributed by atoms with Gasteiger partial charge in [-0.1, -0.05) is 56.7 Å².